The van der Waals surface area contributed by atoms with Crippen molar-refractivity contribution in [2.45, 2.75) is 19.9 Å². The minimum atomic E-state index is -0.498. The van der Waals surface area contributed by atoms with Gasteiger partial charge >= 0.3 is 0 Å². The quantitative estimate of drug-likeness (QED) is 0.429. The Morgan fingerprint density at radius 1 is 1.44 bits per heavy atom. The first kappa shape index (κ1) is 16.6. The molecule has 2 aromatic rings. The van der Waals surface area contributed by atoms with Gasteiger partial charge < -0.3 is 24.7 Å². The topological polar surface area (TPSA) is 103 Å². The van der Waals surface area contributed by atoms with Crippen LogP contribution in [-0.4, -0.2) is 27.8 Å². The first-order chi connectivity index (χ1) is 12.1. The van der Waals surface area contributed by atoms with Gasteiger partial charge in [-0.25, -0.2) is 4.98 Å². The molecule has 9 heteroatoms. The number of fused-ring (bicyclic) bond motifs is 1. The van der Waals surface area contributed by atoms with Gasteiger partial charge in [0.2, 0.25) is 6.79 Å². The maximum atomic E-state index is 10.8. The Hall–Kier alpha value is -3.23. The van der Waals surface area contributed by atoms with E-state index in [-0.39, 0.29) is 6.79 Å². The number of nitrogens with one attached hydrogen (secondary N) is 2. The van der Waals surface area contributed by atoms with E-state index in [4.69, 9.17) is 9.47 Å². The van der Waals surface area contributed by atoms with E-state index in [0.29, 0.717) is 29.6 Å². The van der Waals surface area contributed by atoms with Crippen LogP contribution in [0.4, 0.5) is 5.69 Å². The number of aryl methyl sites for hydroxylation is 2. The molecule has 0 spiro atoms. The molecule has 25 heavy (non-hydrogen) atoms. The van der Waals surface area contributed by atoms with Crippen LogP contribution in [0.1, 0.15) is 12.1 Å². The van der Waals surface area contributed by atoms with Crippen LogP contribution in [0.3, 0.4) is 0 Å². The maximum Gasteiger partial charge on any atom is 0.274 e. The number of nitro groups is 1. The van der Waals surface area contributed by atoms with Crippen molar-refractivity contribution in [2.24, 2.45) is 0 Å². The second-order valence-electron chi connectivity index (χ2n) is 5.55. The summed E-state index contributed by atoms with van der Waals surface area (Å²) in [4.78, 5) is 14.5. The summed E-state index contributed by atoms with van der Waals surface area (Å²) in [7, 11) is 0. The van der Waals surface area contributed by atoms with Gasteiger partial charge in [-0.1, -0.05) is 0 Å². The second-order valence-corrected chi connectivity index (χ2v) is 5.55. The van der Waals surface area contributed by atoms with Crippen molar-refractivity contribution in [3.8, 4) is 11.5 Å². The molecule has 132 valence electrons. The van der Waals surface area contributed by atoms with Crippen LogP contribution in [-0.2, 0) is 6.54 Å². The van der Waals surface area contributed by atoms with Crippen molar-refractivity contribution in [1.82, 2.24) is 14.9 Å². The number of hydrogen-bond acceptors (Lipinski definition) is 7. The van der Waals surface area contributed by atoms with E-state index < -0.39 is 4.92 Å². The molecule has 0 saturated heterocycles. The number of benzene rings is 1. The van der Waals surface area contributed by atoms with E-state index in [1.54, 1.807) is 24.5 Å². The lowest BCUT2D eigenvalue weighted by molar-refractivity contribution is -0.403. The summed E-state index contributed by atoms with van der Waals surface area (Å²) in [6, 6.07) is 5.28. The average Bonchev–Trinajstić information content (AvgIpc) is 3.19. The molecule has 0 radical (unpaired) electrons. The molecule has 0 atom stereocenters. The van der Waals surface area contributed by atoms with Crippen LogP contribution in [0.2, 0.25) is 0 Å². The number of imidazole rings is 1. The number of rotatable bonds is 8. The molecule has 1 aromatic heterocycles. The predicted octanol–water partition coefficient (Wildman–Crippen LogP) is 2.09. The highest BCUT2D eigenvalue weighted by Crippen LogP contribution is 2.34. The number of aromatic nitrogens is 2. The fourth-order valence-corrected chi connectivity index (χ4v) is 2.44. The SMILES string of the molecule is Cc1cn(CCCNC(=C[N+](=O)[O-])Nc2ccc3c(c2)OCO3)cn1. The largest absolute Gasteiger partial charge is 0.454 e. The standard InChI is InChI=1S/C16H19N5O4/c1-12-8-20(10-18-12)6-2-5-17-16(9-21(22)23)19-13-3-4-14-15(7-13)25-11-24-14/h3-4,7-10,17,19H,2,5-6,11H2,1H3. The summed E-state index contributed by atoms with van der Waals surface area (Å²) >= 11 is 0. The molecule has 2 N–H and O–H groups in total. The van der Waals surface area contributed by atoms with Crippen LogP contribution >= 0.6 is 0 Å². The molecule has 0 bridgehead atoms. The maximum absolute atomic E-state index is 10.8. The summed E-state index contributed by atoms with van der Waals surface area (Å²) in [5.41, 5.74) is 1.64. The molecule has 9 nitrogen and oxygen atoms in total. The van der Waals surface area contributed by atoms with Crippen LogP contribution in [0, 0.1) is 17.0 Å². The fourth-order valence-electron chi connectivity index (χ4n) is 2.44. The summed E-state index contributed by atoms with van der Waals surface area (Å²) in [6.07, 6.45) is 5.44. The lowest BCUT2D eigenvalue weighted by Crippen LogP contribution is -2.22. The molecule has 1 aromatic carbocycles. The molecule has 0 fully saturated rings. The van der Waals surface area contributed by atoms with Crippen molar-refractivity contribution < 1.29 is 14.4 Å². The zero-order valence-electron chi connectivity index (χ0n) is 13.8. The third-order valence-electron chi connectivity index (χ3n) is 3.56. The third-order valence-corrected chi connectivity index (χ3v) is 3.56. The highest BCUT2D eigenvalue weighted by Gasteiger charge is 2.14. The van der Waals surface area contributed by atoms with Crippen LogP contribution in [0.25, 0.3) is 0 Å². The van der Waals surface area contributed by atoms with E-state index in [1.165, 1.54) is 0 Å². The van der Waals surface area contributed by atoms with Gasteiger partial charge in [-0.3, -0.25) is 10.1 Å². The minimum absolute atomic E-state index is 0.183. The van der Waals surface area contributed by atoms with Gasteiger partial charge in [-0.2, -0.15) is 0 Å². The van der Waals surface area contributed by atoms with Gasteiger partial charge in [0.1, 0.15) is 0 Å². The van der Waals surface area contributed by atoms with E-state index in [0.717, 1.165) is 24.9 Å². The van der Waals surface area contributed by atoms with Gasteiger partial charge in [0, 0.05) is 31.0 Å². The summed E-state index contributed by atoms with van der Waals surface area (Å²) in [5, 5.41) is 16.9. The molecular formula is C16H19N5O4. The predicted molar refractivity (Wildman–Crippen MR) is 90.8 cm³/mol. The van der Waals surface area contributed by atoms with Crippen molar-refractivity contribution in [3.63, 3.8) is 0 Å². The molecule has 2 heterocycles. The van der Waals surface area contributed by atoms with Crippen LogP contribution in [0.15, 0.2) is 42.7 Å². The second kappa shape index (κ2) is 7.56. The van der Waals surface area contributed by atoms with E-state index in [2.05, 4.69) is 15.6 Å². The van der Waals surface area contributed by atoms with E-state index >= 15 is 0 Å². The van der Waals surface area contributed by atoms with Crippen LogP contribution in [0.5, 0.6) is 11.5 Å². The Morgan fingerprint density at radius 3 is 3.04 bits per heavy atom. The van der Waals surface area contributed by atoms with Gasteiger partial charge in [0.15, 0.2) is 17.3 Å². The Balaban J connectivity index is 1.55. The van der Waals surface area contributed by atoms with Crippen molar-refractivity contribution in [3.05, 3.63) is 58.6 Å². The van der Waals surface area contributed by atoms with E-state index in [1.807, 2.05) is 17.7 Å². The van der Waals surface area contributed by atoms with Crippen LogP contribution < -0.4 is 20.1 Å². The normalized spacial score (nSPS) is 12.9. The van der Waals surface area contributed by atoms with Crippen molar-refractivity contribution in [1.29, 1.82) is 0 Å². The van der Waals surface area contributed by atoms with Gasteiger partial charge in [-0.05, 0) is 25.5 Å². The molecule has 1 aliphatic heterocycles. The lowest BCUT2D eigenvalue weighted by Gasteiger charge is -2.12. The fraction of sp³-hybridized carbons (Fsp3) is 0.312. The number of anilines is 1. The Bertz CT molecular complexity index is 787. The first-order valence-corrected chi connectivity index (χ1v) is 7.84. The lowest BCUT2D eigenvalue weighted by atomic mass is 10.3. The molecule has 3 rings (SSSR count). The molecular weight excluding hydrogens is 326 g/mol. The smallest absolute Gasteiger partial charge is 0.274 e. The summed E-state index contributed by atoms with van der Waals surface area (Å²) in [6.45, 7) is 3.47. The molecule has 0 aliphatic carbocycles. The molecule has 0 unspecified atom stereocenters. The number of ether oxygens (including phenoxy) is 2. The zero-order valence-corrected chi connectivity index (χ0v) is 13.8. The van der Waals surface area contributed by atoms with E-state index in [9.17, 15) is 10.1 Å². The zero-order chi connectivity index (χ0) is 17.6. The molecule has 1 aliphatic rings. The van der Waals surface area contributed by atoms with Crippen molar-refractivity contribution >= 4 is 5.69 Å². The van der Waals surface area contributed by atoms with Gasteiger partial charge in [-0.15, -0.1) is 0 Å². The average molecular weight is 345 g/mol. The van der Waals surface area contributed by atoms with Gasteiger partial charge in [0.05, 0.1) is 16.9 Å². The molecule has 0 amide bonds. The monoisotopic (exact) mass is 345 g/mol. The Kier molecular flexibility index (Phi) is 5.03. The molecule has 0 saturated carbocycles. The highest BCUT2D eigenvalue weighted by atomic mass is 16.7. The van der Waals surface area contributed by atoms with Crippen molar-refractivity contribution in [2.75, 3.05) is 18.7 Å². The third kappa shape index (κ3) is 4.63. The Labute approximate surface area is 144 Å². The number of hydrogen-bond donors (Lipinski definition) is 2. The first-order valence-electron chi connectivity index (χ1n) is 7.84. The minimum Gasteiger partial charge on any atom is -0.454 e. The summed E-state index contributed by atoms with van der Waals surface area (Å²) < 4.78 is 12.5. The highest BCUT2D eigenvalue weighted by molar-refractivity contribution is 5.57. The number of nitrogens with zero attached hydrogens (tertiary/aromatic N) is 3. The van der Waals surface area contributed by atoms with Gasteiger partial charge in [0.25, 0.3) is 6.20 Å². The Morgan fingerprint density at radius 2 is 2.28 bits per heavy atom. The summed E-state index contributed by atoms with van der Waals surface area (Å²) in [5.74, 6) is 1.58.